The van der Waals surface area contributed by atoms with Crippen LogP contribution in [0.1, 0.15) is 69.4 Å². The second kappa shape index (κ2) is 6.79. The minimum absolute atomic E-state index is 0.0542. The molecule has 0 aliphatic carbocycles. The Bertz CT molecular complexity index is 766. The van der Waals surface area contributed by atoms with Crippen molar-refractivity contribution < 1.29 is 0 Å². The van der Waals surface area contributed by atoms with Gasteiger partial charge in [-0.15, -0.1) is 0 Å². The molecular weight excluding hydrogens is 370 g/mol. The van der Waals surface area contributed by atoms with Crippen molar-refractivity contribution in [3.63, 3.8) is 0 Å². The van der Waals surface area contributed by atoms with Gasteiger partial charge in [0.05, 0.1) is 5.69 Å². The van der Waals surface area contributed by atoms with E-state index in [9.17, 15) is 0 Å². The topological polar surface area (TPSA) is 12.0 Å². The number of nitrogens with one attached hydrogen (secondary N) is 1. The van der Waals surface area contributed by atoms with Crippen molar-refractivity contribution in [3.8, 4) is 0 Å². The molecule has 0 aliphatic heterocycles. The van der Waals surface area contributed by atoms with Crippen LogP contribution in [-0.4, -0.2) is 0 Å². The van der Waals surface area contributed by atoms with Gasteiger partial charge in [0, 0.05) is 10.2 Å². The highest BCUT2D eigenvalue weighted by atomic mass is 79.9. The van der Waals surface area contributed by atoms with E-state index in [4.69, 9.17) is 0 Å². The van der Waals surface area contributed by atoms with Crippen LogP contribution in [0.15, 0.2) is 28.7 Å². The van der Waals surface area contributed by atoms with Crippen LogP contribution in [0.3, 0.4) is 0 Å². The molecule has 0 radical (unpaired) electrons. The summed E-state index contributed by atoms with van der Waals surface area (Å²) >= 11 is 3.84. The third kappa shape index (κ3) is 4.47. The third-order valence-electron chi connectivity index (χ3n) is 4.69. The van der Waals surface area contributed by atoms with E-state index >= 15 is 0 Å². The Hall–Kier alpha value is -1.28. The number of anilines is 2. The van der Waals surface area contributed by atoms with E-state index in [0.717, 1.165) is 4.47 Å². The largest absolute Gasteiger partial charge is 0.354 e. The fourth-order valence-corrected chi connectivity index (χ4v) is 3.82. The maximum absolute atomic E-state index is 3.84. The van der Waals surface area contributed by atoms with Gasteiger partial charge in [-0.1, -0.05) is 65.3 Å². The van der Waals surface area contributed by atoms with Crippen LogP contribution >= 0.6 is 15.9 Å². The third-order valence-corrected chi connectivity index (χ3v) is 5.32. The van der Waals surface area contributed by atoms with Crippen LogP contribution < -0.4 is 5.32 Å². The molecule has 0 amide bonds. The maximum Gasteiger partial charge on any atom is 0.0566 e. The molecule has 0 saturated carbocycles. The summed E-state index contributed by atoms with van der Waals surface area (Å²) in [7, 11) is 0. The van der Waals surface area contributed by atoms with E-state index in [1.807, 2.05) is 0 Å². The van der Waals surface area contributed by atoms with Crippen LogP contribution in [-0.2, 0) is 10.8 Å². The smallest absolute Gasteiger partial charge is 0.0566 e. The lowest BCUT2D eigenvalue weighted by atomic mass is 9.80. The van der Waals surface area contributed by atoms with E-state index in [0.29, 0.717) is 0 Å². The summed E-state index contributed by atoms with van der Waals surface area (Å²) in [6.07, 6.45) is 0. The van der Waals surface area contributed by atoms with Crippen molar-refractivity contribution in [1.29, 1.82) is 0 Å². The summed E-state index contributed by atoms with van der Waals surface area (Å²) in [6.45, 7) is 20.1. The van der Waals surface area contributed by atoms with Crippen molar-refractivity contribution >= 4 is 27.3 Å². The summed E-state index contributed by atoms with van der Waals surface area (Å²) in [5, 5.41) is 3.74. The van der Waals surface area contributed by atoms with Gasteiger partial charge >= 0.3 is 0 Å². The van der Waals surface area contributed by atoms with E-state index in [-0.39, 0.29) is 10.8 Å². The molecule has 1 nitrogen and oxygen atoms in total. The van der Waals surface area contributed by atoms with Crippen LogP contribution in [0.4, 0.5) is 11.4 Å². The van der Waals surface area contributed by atoms with Gasteiger partial charge < -0.3 is 5.32 Å². The van der Waals surface area contributed by atoms with Crippen molar-refractivity contribution in [2.75, 3.05) is 5.32 Å². The minimum Gasteiger partial charge on any atom is -0.354 e. The molecule has 0 fully saturated rings. The van der Waals surface area contributed by atoms with Gasteiger partial charge in [0.25, 0.3) is 0 Å². The quantitative estimate of drug-likeness (QED) is 0.542. The van der Waals surface area contributed by atoms with Crippen molar-refractivity contribution in [2.45, 2.75) is 73.1 Å². The molecule has 25 heavy (non-hydrogen) atoms. The zero-order valence-electron chi connectivity index (χ0n) is 17.2. The van der Waals surface area contributed by atoms with Crippen molar-refractivity contribution in [2.24, 2.45) is 0 Å². The number of halogens is 1. The summed E-state index contributed by atoms with van der Waals surface area (Å²) < 4.78 is 1.13. The lowest BCUT2D eigenvalue weighted by Crippen LogP contribution is -2.18. The number of hydrogen-bond acceptors (Lipinski definition) is 1. The lowest BCUT2D eigenvalue weighted by Gasteiger charge is -2.29. The first-order valence-electron chi connectivity index (χ1n) is 9.00. The summed E-state index contributed by atoms with van der Waals surface area (Å²) in [6, 6.07) is 9.11. The highest BCUT2D eigenvalue weighted by Gasteiger charge is 2.25. The molecule has 0 bridgehead atoms. The first kappa shape index (κ1) is 20.0. The standard InChI is InChI=1S/C23H32BrN/c1-14-10-15(2)20(16(3)11-14)25-21-18(23(7,8)9)12-17(13-19(21)24)22(4,5)6/h10-13,25H,1-9H3. The Morgan fingerprint density at radius 2 is 1.24 bits per heavy atom. The molecule has 2 heteroatoms. The average Bonchev–Trinajstić information content (AvgIpc) is 2.41. The Morgan fingerprint density at radius 1 is 0.720 bits per heavy atom. The minimum atomic E-state index is 0.0542. The highest BCUT2D eigenvalue weighted by Crippen LogP contribution is 2.41. The fraction of sp³-hybridized carbons (Fsp3) is 0.478. The number of aryl methyl sites for hydroxylation is 3. The molecule has 0 unspecified atom stereocenters. The Labute approximate surface area is 162 Å². The molecule has 136 valence electrons. The zero-order valence-corrected chi connectivity index (χ0v) is 18.8. The van der Waals surface area contributed by atoms with E-state index in [2.05, 4.69) is 108 Å². The monoisotopic (exact) mass is 401 g/mol. The molecule has 0 spiro atoms. The summed E-state index contributed by atoms with van der Waals surface area (Å²) in [5.41, 5.74) is 9.12. The van der Waals surface area contributed by atoms with Crippen molar-refractivity contribution in [1.82, 2.24) is 0 Å². The average molecular weight is 402 g/mol. The van der Waals surface area contributed by atoms with Crippen LogP contribution in [0.5, 0.6) is 0 Å². The van der Waals surface area contributed by atoms with Gasteiger partial charge in [0.1, 0.15) is 0 Å². The van der Waals surface area contributed by atoms with Gasteiger partial charge in [-0.05, 0) is 75.9 Å². The van der Waals surface area contributed by atoms with Crippen LogP contribution in [0, 0.1) is 20.8 Å². The molecule has 1 N–H and O–H groups in total. The van der Waals surface area contributed by atoms with Crippen LogP contribution in [0.2, 0.25) is 0 Å². The van der Waals surface area contributed by atoms with Crippen LogP contribution in [0.25, 0.3) is 0 Å². The lowest BCUT2D eigenvalue weighted by molar-refractivity contribution is 0.569. The van der Waals surface area contributed by atoms with Gasteiger partial charge in [-0.25, -0.2) is 0 Å². The SMILES string of the molecule is Cc1cc(C)c(Nc2c(Br)cc(C(C)(C)C)cc2C(C)(C)C)c(C)c1. The van der Waals surface area contributed by atoms with Gasteiger partial charge in [-0.2, -0.15) is 0 Å². The van der Waals surface area contributed by atoms with E-state index in [1.54, 1.807) is 0 Å². The molecule has 0 heterocycles. The van der Waals surface area contributed by atoms with Gasteiger partial charge in [0.15, 0.2) is 0 Å². The second-order valence-electron chi connectivity index (χ2n) is 9.28. The van der Waals surface area contributed by atoms with Gasteiger partial charge in [-0.3, -0.25) is 0 Å². The highest BCUT2D eigenvalue weighted by molar-refractivity contribution is 9.10. The molecule has 2 rings (SSSR count). The van der Waals surface area contributed by atoms with E-state index in [1.165, 1.54) is 39.2 Å². The maximum atomic E-state index is 3.84. The molecule has 2 aromatic carbocycles. The molecule has 0 saturated heterocycles. The Balaban J connectivity index is 2.66. The Morgan fingerprint density at radius 3 is 1.68 bits per heavy atom. The second-order valence-corrected chi connectivity index (χ2v) is 10.1. The predicted molar refractivity (Wildman–Crippen MR) is 115 cm³/mol. The Kier molecular flexibility index (Phi) is 5.45. The fourth-order valence-electron chi connectivity index (χ4n) is 3.26. The van der Waals surface area contributed by atoms with Gasteiger partial charge in [0.2, 0.25) is 0 Å². The molecule has 0 aliphatic rings. The number of hydrogen-bond donors (Lipinski definition) is 1. The first-order valence-corrected chi connectivity index (χ1v) is 9.79. The zero-order chi connectivity index (χ0) is 19.2. The molecule has 0 aromatic heterocycles. The first-order chi connectivity index (χ1) is 11.3. The number of rotatable bonds is 2. The van der Waals surface area contributed by atoms with Crippen molar-refractivity contribution in [3.05, 3.63) is 56.6 Å². The summed E-state index contributed by atoms with van der Waals surface area (Å²) in [4.78, 5) is 0. The molecular formula is C23H32BrN. The number of benzene rings is 2. The molecule has 0 atom stereocenters. The van der Waals surface area contributed by atoms with E-state index < -0.39 is 0 Å². The predicted octanol–water partition coefficient (Wildman–Crippen LogP) is 7.71. The molecule has 2 aromatic rings. The normalized spacial score (nSPS) is 12.4. The summed E-state index contributed by atoms with van der Waals surface area (Å²) in [5.74, 6) is 0.